The summed E-state index contributed by atoms with van der Waals surface area (Å²) in [7, 11) is 0. The van der Waals surface area contributed by atoms with Crippen molar-refractivity contribution in [3.05, 3.63) is 65.7 Å². The Morgan fingerprint density at radius 2 is 1.97 bits per heavy atom. The van der Waals surface area contributed by atoms with Gasteiger partial charge in [0.15, 0.2) is 5.01 Å². The van der Waals surface area contributed by atoms with E-state index in [-0.39, 0.29) is 24.2 Å². The molecule has 1 aliphatic heterocycles. The molecule has 0 aliphatic carbocycles. The summed E-state index contributed by atoms with van der Waals surface area (Å²) in [5.74, 6) is -0.102. The molecule has 1 fully saturated rings. The Labute approximate surface area is 177 Å². The lowest BCUT2D eigenvalue weighted by molar-refractivity contribution is -0.133. The molecule has 30 heavy (non-hydrogen) atoms. The number of aromatic nitrogens is 4. The molecule has 4 aromatic rings. The largest absolute Gasteiger partial charge is 0.340 e. The highest BCUT2D eigenvalue weighted by Crippen LogP contribution is 2.33. The summed E-state index contributed by atoms with van der Waals surface area (Å²) in [5, 5.41) is 9.96. The van der Waals surface area contributed by atoms with Gasteiger partial charge >= 0.3 is 0 Å². The molecule has 6 nitrogen and oxygen atoms in total. The maximum Gasteiger partial charge on any atom is 0.242 e. The Kier molecular flexibility index (Phi) is 5.00. The van der Waals surface area contributed by atoms with E-state index in [1.165, 1.54) is 17.4 Å². The summed E-state index contributed by atoms with van der Waals surface area (Å²) in [4.78, 5) is 19.2. The minimum Gasteiger partial charge on any atom is -0.340 e. The van der Waals surface area contributed by atoms with Gasteiger partial charge in [0.1, 0.15) is 17.4 Å². The first-order valence-electron chi connectivity index (χ1n) is 9.95. The summed E-state index contributed by atoms with van der Waals surface area (Å²) >= 11 is 1.41. The van der Waals surface area contributed by atoms with Gasteiger partial charge in [-0.3, -0.25) is 4.79 Å². The minimum atomic E-state index is -0.298. The van der Waals surface area contributed by atoms with Crippen LogP contribution in [-0.2, 0) is 11.3 Å². The minimum absolute atomic E-state index is 0.0710. The number of amides is 1. The van der Waals surface area contributed by atoms with Crippen LogP contribution in [-0.4, -0.2) is 43.6 Å². The van der Waals surface area contributed by atoms with Gasteiger partial charge in [0.25, 0.3) is 0 Å². The molecule has 2 aromatic carbocycles. The SMILES string of the molecule is O=C(Cn1cnc2ccccc21)N1CCC[C@H](c2nnc(-c3ccccc3F)s2)C1. The number of hydrogen-bond acceptors (Lipinski definition) is 5. The van der Waals surface area contributed by atoms with Crippen LogP contribution in [0.2, 0.25) is 0 Å². The van der Waals surface area contributed by atoms with Crippen molar-refractivity contribution in [2.45, 2.75) is 25.3 Å². The van der Waals surface area contributed by atoms with E-state index in [0.29, 0.717) is 17.1 Å². The maximum absolute atomic E-state index is 14.1. The second-order valence-corrected chi connectivity index (χ2v) is 8.47. The molecule has 8 heteroatoms. The lowest BCUT2D eigenvalue weighted by Gasteiger charge is -2.31. The molecule has 1 aliphatic rings. The predicted octanol–water partition coefficient (Wildman–Crippen LogP) is 4.10. The first-order chi connectivity index (χ1) is 14.7. The quantitative estimate of drug-likeness (QED) is 0.498. The second-order valence-electron chi connectivity index (χ2n) is 7.47. The molecule has 0 saturated carbocycles. The predicted molar refractivity (Wildman–Crippen MR) is 114 cm³/mol. The zero-order valence-electron chi connectivity index (χ0n) is 16.2. The number of nitrogens with zero attached hydrogens (tertiary/aromatic N) is 5. The Hall–Kier alpha value is -3.13. The molecule has 0 spiro atoms. The van der Waals surface area contributed by atoms with Crippen molar-refractivity contribution in [3.8, 4) is 10.6 Å². The molecule has 0 N–H and O–H groups in total. The molecule has 152 valence electrons. The third kappa shape index (κ3) is 3.59. The lowest BCUT2D eigenvalue weighted by Crippen LogP contribution is -2.40. The average Bonchev–Trinajstić information content (AvgIpc) is 3.42. The van der Waals surface area contributed by atoms with Gasteiger partial charge in [0, 0.05) is 24.6 Å². The van der Waals surface area contributed by atoms with E-state index in [1.807, 2.05) is 33.7 Å². The van der Waals surface area contributed by atoms with Gasteiger partial charge in [-0.25, -0.2) is 9.37 Å². The van der Waals surface area contributed by atoms with Crippen molar-refractivity contribution >= 4 is 28.3 Å². The molecule has 0 radical (unpaired) electrons. The van der Waals surface area contributed by atoms with Crippen molar-refractivity contribution in [2.24, 2.45) is 0 Å². The molecule has 5 rings (SSSR count). The highest BCUT2D eigenvalue weighted by atomic mass is 32.1. The summed E-state index contributed by atoms with van der Waals surface area (Å²) in [6, 6.07) is 14.4. The van der Waals surface area contributed by atoms with E-state index in [0.717, 1.165) is 35.4 Å². The van der Waals surface area contributed by atoms with E-state index in [9.17, 15) is 9.18 Å². The molecule has 2 aromatic heterocycles. The van der Waals surface area contributed by atoms with Crippen LogP contribution in [0.3, 0.4) is 0 Å². The smallest absolute Gasteiger partial charge is 0.242 e. The Morgan fingerprint density at radius 1 is 1.13 bits per heavy atom. The second kappa shape index (κ2) is 7.95. The van der Waals surface area contributed by atoms with E-state index in [4.69, 9.17) is 0 Å². The molecule has 0 bridgehead atoms. The molecule has 1 atom stereocenters. The van der Waals surface area contributed by atoms with E-state index < -0.39 is 0 Å². The van der Waals surface area contributed by atoms with Crippen LogP contribution in [0, 0.1) is 5.82 Å². The van der Waals surface area contributed by atoms with Crippen LogP contribution < -0.4 is 0 Å². The van der Waals surface area contributed by atoms with E-state index >= 15 is 0 Å². The van der Waals surface area contributed by atoms with Crippen molar-refractivity contribution in [3.63, 3.8) is 0 Å². The molecule has 0 unspecified atom stereocenters. The molecular formula is C22H20FN5OS. The highest BCUT2D eigenvalue weighted by Gasteiger charge is 2.28. The van der Waals surface area contributed by atoms with E-state index in [1.54, 1.807) is 24.5 Å². The molecule has 1 amide bonds. The maximum atomic E-state index is 14.1. The van der Waals surface area contributed by atoms with Crippen LogP contribution in [0.15, 0.2) is 54.9 Å². The zero-order chi connectivity index (χ0) is 20.5. The zero-order valence-corrected chi connectivity index (χ0v) is 17.1. The van der Waals surface area contributed by atoms with E-state index in [2.05, 4.69) is 15.2 Å². The summed E-state index contributed by atoms with van der Waals surface area (Å²) in [5.41, 5.74) is 2.31. The number of piperidine rings is 1. The number of rotatable bonds is 4. The molecule has 3 heterocycles. The number of likely N-dealkylation sites (tertiary alicyclic amines) is 1. The van der Waals surface area contributed by atoms with Crippen LogP contribution in [0.1, 0.15) is 23.8 Å². The van der Waals surface area contributed by atoms with Crippen LogP contribution in [0.25, 0.3) is 21.6 Å². The van der Waals surface area contributed by atoms with Gasteiger partial charge in [-0.2, -0.15) is 0 Å². The molecule has 1 saturated heterocycles. The van der Waals surface area contributed by atoms with Gasteiger partial charge in [-0.05, 0) is 37.1 Å². The summed E-state index contributed by atoms with van der Waals surface area (Å²) in [6.07, 6.45) is 3.58. The van der Waals surface area contributed by atoms with Crippen molar-refractivity contribution in [2.75, 3.05) is 13.1 Å². The van der Waals surface area contributed by atoms with Gasteiger partial charge in [-0.15, -0.1) is 10.2 Å². The fraction of sp³-hybridized carbons (Fsp3) is 0.273. The number of carbonyl (C=O) groups is 1. The number of hydrogen-bond donors (Lipinski definition) is 0. The molecular weight excluding hydrogens is 401 g/mol. The normalized spacial score (nSPS) is 16.8. The number of carbonyl (C=O) groups excluding carboxylic acids is 1. The monoisotopic (exact) mass is 421 g/mol. The van der Waals surface area contributed by atoms with Crippen molar-refractivity contribution in [1.29, 1.82) is 0 Å². The van der Waals surface area contributed by atoms with Gasteiger partial charge in [0.05, 0.1) is 17.4 Å². The first kappa shape index (κ1) is 18.9. The Morgan fingerprint density at radius 3 is 2.87 bits per heavy atom. The average molecular weight is 422 g/mol. The topological polar surface area (TPSA) is 63.9 Å². The van der Waals surface area contributed by atoms with Gasteiger partial charge in [-0.1, -0.05) is 35.6 Å². The highest BCUT2D eigenvalue weighted by molar-refractivity contribution is 7.14. The number of imidazole rings is 1. The summed E-state index contributed by atoms with van der Waals surface area (Å²) in [6.45, 7) is 1.61. The standard InChI is InChI=1S/C22H20FN5OS/c23-17-8-2-1-7-16(17)22-26-25-21(30-22)15-6-5-11-27(12-15)20(29)13-28-14-24-18-9-3-4-10-19(18)28/h1-4,7-10,14-15H,5-6,11-13H2/t15-/m0/s1. The fourth-order valence-electron chi connectivity index (χ4n) is 3.93. The number of para-hydroxylation sites is 2. The number of halogens is 1. The Balaban J connectivity index is 1.30. The third-order valence-corrected chi connectivity index (χ3v) is 6.62. The van der Waals surface area contributed by atoms with Gasteiger partial charge in [0.2, 0.25) is 5.91 Å². The third-order valence-electron chi connectivity index (χ3n) is 5.50. The van der Waals surface area contributed by atoms with Crippen LogP contribution >= 0.6 is 11.3 Å². The van der Waals surface area contributed by atoms with Crippen LogP contribution in [0.4, 0.5) is 4.39 Å². The fourth-order valence-corrected chi connectivity index (χ4v) is 4.93. The van der Waals surface area contributed by atoms with Crippen LogP contribution in [0.5, 0.6) is 0 Å². The van der Waals surface area contributed by atoms with Crippen molar-refractivity contribution in [1.82, 2.24) is 24.6 Å². The number of fused-ring (bicyclic) bond motifs is 1. The van der Waals surface area contributed by atoms with Crippen molar-refractivity contribution < 1.29 is 9.18 Å². The lowest BCUT2D eigenvalue weighted by atomic mass is 9.99. The Bertz CT molecular complexity index is 1200. The number of benzene rings is 2. The first-order valence-corrected chi connectivity index (χ1v) is 10.8. The van der Waals surface area contributed by atoms with Gasteiger partial charge < -0.3 is 9.47 Å². The summed E-state index contributed by atoms with van der Waals surface area (Å²) < 4.78 is 16.0.